The fourth-order valence-electron chi connectivity index (χ4n) is 7.13. The zero-order valence-corrected chi connectivity index (χ0v) is 19.4. The first kappa shape index (κ1) is 21.9. The second-order valence-corrected chi connectivity index (χ2v) is 11.4. The predicted molar refractivity (Wildman–Crippen MR) is 124 cm³/mol. The highest BCUT2D eigenvalue weighted by Crippen LogP contribution is 2.60. The summed E-state index contributed by atoms with van der Waals surface area (Å²) in [5.74, 6) is 0.941. The lowest BCUT2D eigenvalue weighted by atomic mass is 9.49. The summed E-state index contributed by atoms with van der Waals surface area (Å²) in [6, 6.07) is 11.6. The molecule has 2 N–H and O–H groups in total. The van der Waals surface area contributed by atoms with Crippen LogP contribution in [0.5, 0.6) is 0 Å². The van der Waals surface area contributed by atoms with Crippen LogP contribution in [0.4, 0.5) is 0 Å². The summed E-state index contributed by atoms with van der Waals surface area (Å²) in [5, 5.41) is 6.85. The predicted octanol–water partition coefficient (Wildman–Crippen LogP) is 5.59. The monoisotopic (exact) mass is 410 g/mol. The van der Waals surface area contributed by atoms with E-state index in [0.29, 0.717) is 29.2 Å². The van der Waals surface area contributed by atoms with E-state index >= 15 is 0 Å². The summed E-state index contributed by atoms with van der Waals surface area (Å²) in [6.45, 7) is 8.92. The highest BCUT2D eigenvalue weighted by atomic mass is 16.1. The van der Waals surface area contributed by atoms with Crippen molar-refractivity contribution in [2.75, 3.05) is 13.1 Å². The Hall–Kier alpha value is -1.35. The lowest BCUT2D eigenvalue weighted by molar-refractivity contribution is -0.123. The minimum absolute atomic E-state index is 0.138. The maximum Gasteiger partial charge on any atom is 0.220 e. The first-order valence-corrected chi connectivity index (χ1v) is 12.4. The van der Waals surface area contributed by atoms with Crippen molar-refractivity contribution >= 4 is 5.91 Å². The molecule has 0 aromatic heterocycles. The van der Waals surface area contributed by atoms with Gasteiger partial charge >= 0.3 is 0 Å². The Morgan fingerprint density at radius 1 is 1.17 bits per heavy atom. The second-order valence-electron chi connectivity index (χ2n) is 11.4. The summed E-state index contributed by atoms with van der Waals surface area (Å²) in [6.07, 6.45) is 12.1. The SMILES string of the molecule is CC[C@@]12CCC[C@@](c3ccccc3)(CC(CCC(=O)NC3CCNCC3(C)C)C1)C2. The number of nitrogens with one attached hydrogen (secondary N) is 2. The van der Waals surface area contributed by atoms with Crippen LogP contribution in [0.15, 0.2) is 30.3 Å². The molecular weight excluding hydrogens is 368 g/mol. The van der Waals surface area contributed by atoms with Crippen LogP contribution in [0.2, 0.25) is 0 Å². The highest BCUT2D eigenvalue weighted by Gasteiger charge is 2.50. The fraction of sp³-hybridized carbons (Fsp3) is 0.741. The van der Waals surface area contributed by atoms with Gasteiger partial charge in [-0.25, -0.2) is 0 Å². The number of benzene rings is 1. The molecular formula is C27H42N2O. The van der Waals surface area contributed by atoms with Crippen LogP contribution in [0.1, 0.15) is 90.5 Å². The molecule has 3 heteroatoms. The van der Waals surface area contributed by atoms with Gasteiger partial charge in [0.15, 0.2) is 0 Å². The minimum atomic E-state index is 0.138. The van der Waals surface area contributed by atoms with Crippen LogP contribution in [0, 0.1) is 16.7 Å². The van der Waals surface area contributed by atoms with Crippen molar-refractivity contribution in [3.63, 3.8) is 0 Å². The van der Waals surface area contributed by atoms with Gasteiger partial charge in [-0.1, -0.05) is 63.9 Å². The molecule has 1 aromatic rings. The van der Waals surface area contributed by atoms with Crippen LogP contribution in [-0.2, 0) is 10.2 Å². The molecule has 3 nitrogen and oxygen atoms in total. The summed E-state index contributed by atoms with van der Waals surface area (Å²) in [7, 11) is 0. The van der Waals surface area contributed by atoms with Gasteiger partial charge in [0.1, 0.15) is 0 Å². The van der Waals surface area contributed by atoms with Crippen molar-refractivity contribution in [3.8, 4) is 0 Å². The van der Waals surface area contributed by atoms with E-state index in [9.17, 15) is 4.79 Å². The lowest BCUT2D eigenvalue weighted by Crippen LogP contribution is -2.54. The molecule has 1 aromatic carbocycles. The smallest absolute Gasteiger partial charge is 0.220 e. The Labute approximate surface area is 183 Å². The largest absolute Gasteiger partial charge is 0.353 e. The van der Waals surface area contributed by atoms with Gasteiger partial charge in [-0.3, -0.25) is 4.79 Å². The molecule has 166 valence electrons. The Kier molecular flexibility index (Phi) is 6.30. The fourth-order valence-corrected chi connectivity index (χ4v) is 7.13. The molecule has 2 aliphatic carbocycles. The van der Waals surface area contributed by atoms with Crippen LogP contribution in [0.3, 0.4) is 0 Å². The number of hydrogen-bond donors (Lipinski definition) is 2. The van der Waals surface area contributed by atoms with E-state index in [1.165, 1.54) is 44.9 Å². The van der Waals surface area contributed by atoms with Crippen LogP contribution < -0.4 is 10.6 Å². The van der Waals surface area contributed by atoms with Gasteiger partial charge in [0.25, 0.3) is 0 Å². The van der Waals surface area contributed by atoms with E-state index in [1.807, 2.05) is 0 Å². The van der Waals surface area contributed by atoms with Gasteiger partial charge in [0.05, 0.1) is 0 Å². The number of carbonyl (C=O) groups excluding carboxylic acids is 1. The van der Waals surface area contributed by atoms with Gasteiger partial charge < -0.3 is 10.6 Å². The minimum Gasteiger partial charge on any atom is -0.353 e. The molecule has 1 aliphatic heterocycles. The molecule has 2 saturated carbocycles. The van der Waals surface area contributed by atoms with Crippen molar-refractivity contribution in [1.82, 2.24) is 10.6 Å². The molecule has 0 spiro atoms. The molecule has 1 saturated heterocycles. The number of fused-ring (bicyclic) bond motifs is 2. The van der Waals surface area contributed by atoms with Crippen molar-refractivity contribution in [2.24, 2.45) is 16.7 Å². The van der Waals surface area contributed by atoms with Gasteiger partial charge in [0.2, 0.25) is 5.91 Å². The number of hydrogen-bond acceptors (Lipinski definition) is 2. The Balaban J connectivity index is 1.42. The molecule has 1 heterocycles. The number of amides is 1. The normalized spacial score (nSPS) is 35.6. The van der Waals surface area contributed by atoms with E-state index in [0.717, 1.165) is 25.9 Å². The Morgan fingerprint density at radius 3 is 2.70 bits per heavy atom. The molecule has 3 aliphatic rings. The van der Waals surface area contributed by atoms with Crippen molar-refractivity contribution < 1.29 is 4.79 Å². The lowest BCUT2D eigenvalue weighted by Gasteiger charge is -2.55. The zero-order chi connectivity index (χ0) is 21.2. The maximum absolute atomic E-state index is 12.9. The molecule has 4 atom stereocenters. The summed E-state index contributed by atoms with van der Waals surface area (Å²) in [5.41, 5.74) is 2.52. The van der Waals surface area contributed by atoms with E-state index in [4.69, 9.17) is 0 Å². The van der Waals surface area contributed by atoms with Gasteiger partial charge in [-0.2, -0.15) is 0 Å². The summed E-state index contributed by atoms with van der Waals surface area (Å²) >= 11 is 0. The standard InChI is InChI=1S/C27H42N2O/c1-4-26-14-8-15-27(19-26,22-9-6-5-7-10-22)18-21(17-26)11-12-24(30)29-23-13-16-28-20-25(23,2)3/h5-7,9-10,21,23,28H,4,8,11-20H2,1-3H3,(H,29,30)/t21?,23?,26-,27-/m1/s1. The number of piperidine rings is 1. The van der Waals surface area contributed by atoms with E-state index in [-0.39, 0.29) is 11.3 Å². The van der Waals surface area contributed by atoms with Gasteiger partial charge in [-0.15, -0.1) is 0 Å². The third kappa shape index (κ3) is 4.47. The molecule has 2 unspecified atom stereocenters. The Bertz CT molecular complexity index is 730. The van der Waals surface area contributed by atoms with Crippen LogP contribution in [0.25, 0.3) is 0 Å². The molecule has 1 amide bonds. The maximum atomic E-state index is 12.9. The molecule has 2 bridgehead atoms. The Morgan fingerprint density at radius 2 is 1.97 bits per heavy atom. The molecule has 30 heavy (non-hydrogen) atoms. The van der Waals surface area contributed by atoms with Crippen molar-refractivity contribution in [3.05, 3.63) is 35.9 Å². The average Bonchev–Trinajstić information content (AvgIpc) is 2.74. The van der Waals surface area contributed by atoms with E-state index < -0.39 is 0 Å². The van der Waals surface area contributed by atoms with Gasteiger partial charge in [0, 0.05) is 19.0 Å². The zero-order valence-electron chi connectivity index (χ0n) is 19.4. The highest BCUT2D eigenvalue weighted by molar-refractivity contribution is 5.76. The van der Waals surface area contributed by atoms with Crippen molar-refractivity contribution in [2.45, 2.75) is 96.4 Å². The van der Waals surface area contributed by atoms with E-state index in [1.54, 1.807) is 5.56 Å². The quantitative estimate of drug-likeness (QED) is 0.642. The average molecular weight is 411 g/mol. The second kappa shape index (κ2) is 8.65. The molecule has 4 rings (SSSR count). The third-order valence-corrected chi connectivity index (χ3v) is 8.86. The van der Waals surface area contributed by atoms with Crippen LogP contribution >= 0.6 is 0 Å². The number of rotatable bonds is 6. The van der Waals surface area contributed by atoms with E-state index in [2.05, 4.69) is 61.7 Å². The van der Waals surface area contributed by atoms with Crippen LogP contribution in [-0.4, -0.2) is 25.0 Å². The van der Waals surface area contributed by atoms with Gasteiger partial charge in [-0.05, 0) is 79.2 Å². The first-order chi connectivity index (χ1) is 14.4. The summed E-state index contributed by atoms with van der Waals surface area (Å²) in [4.78, 5) is 12.9. The third-order valence-electron chi connectivity index (χ3n) is 8.86. The topological polar surface area (TPSA) is 41.1 Å². The first-order valence-electron chi connectivity index (χ1n) is 12.4. The molecule has 0 radical (unpaired) electrons. The summed E-state index contributed by atoms with van der Waals surface area (Å²) < 4.78 is 0. The number of carbonyl (C=O) groups is 1. The van der Waals surface area contributed by atoms with Crippen molar-refractivity contribution in [1.29, 1.82) is 0 Å². The molecule has 3 fully saturated rings.